The molecule has 5 nitrogen and oxygen atoms in total. The van der Waals surface area contributed by atoms with Gasteiger partial charge in [-0.05, 0) is 36.4 Å². The van der Waals surface area contributed by atoms with Crippen LogP contribution in [-0.4, -0.2) is 35.4 Å². The van der Waals surface area contributed by atoms with E-state index in [0.29, 0.717) is 24.6 Å². The Morgan fingerprint density at radius 2 is 2.23 bits per heavy atom. The number of ketones is 1. The van der Waals surface area contributed by atoms with Crippen LogP contribution in [0.4, 0.5) is 5.82 Å². The van der Waals surface area contributed by atoms with Gasteiger partial charge in [-0.3, -0.25) is 4.79 Å². The molecule has 1 atom stereocenters. The number of nitrogens with zero attached hydrogens (tertiary/aromatic N) is 3. The smallest absolute Gasteiger partial charge is 0.186 e. The zero-order chi connectivity index (χ0) is 17.9. The average Bonchev–Trinajstić information content (AvgIpc) is 3.42. The van der Waals surface area contributed by atoms with Crippen molar-refractivity contribution in [3.05, 3.63) is 52.5 Å². The summed E-state index contributed by atoms with van der Waals surface area (Å²) in [6.45, 7) is 2.55. The molecular weight excluding hydrogens is 364 g/mol. The lowest BCUT2D eigenvalue weighted by atomic mass is 10.1. The summed E-state index contributed by atoms with van der Waals surface area (Å²) < 4.78 is 0. The minimum absolute atomic E-state index is 0.0351. The summed E-state index contributed by atoms with van der Waals surface area (Å²) in [6, 6.07) is 7.90. The van der Waals surface area contributed by atoms with Gasteiger partial charge < -0.3 is 10.6 Å². The first kappa shape index (κ1) is 17.3. The van der Waals surface area contributed by atoms with E-state index in [1.54, 1.807) is 17.5 Å². The predicted molar refractivity (Wildman–Crippen MR) is 107 cm³/mol. The SMILES string of the molecule is NCC1CCN(c2ncccc2CC(=O)c2csc(-c3cccs3)n2)C1. The van der Waals surface area contributed by atoms with Crippen molar-refractivity contribution in [2.24, 2.45) is 11.7 Å². The molecule has 134 valence electrons. The zero-order valence-electron chi connectivity index (χ0n) is 14.3. The van der Waals surface area contributed by atoms with Crippen LogP contribution in [0.15, 0.2) is 41.2 Å². The first-order valence-electron chi connectivity index (χ1n) is 8.66. The maximum Gasteiger partial charge on any atom is 0.186 e. The Bertz CT molecular complexity index is 891. The molecule has 0 saturated carbocycles. The van der Waals surface area contributed by atoms with Crippen LogP contribution in [-0.2, 0) is 6.42 Å². The fourth-order valence-corrected chi connectivity index (χ4v) is 4.89. The first-order chi connectivity index (χ1) is 12.7. The summed E-state index contributed by atoms with van der Waals surface area (Å²) in [4.78, 5) is 25.2. The Hall–Kier alpha value is -2.09. The summed E-state index contributed by atoms with van der Waals surface area (Å²) in [5.74, 6) is 1.45. The second kappa shape index (κ2) is 7.65. The van der Waals surface area contributed by atoms with Gasteiger partial charge in [0.15, 0.2) is 5.78 Å². The van der Waals surface area contributed by atoms with Crippen molar-refractivity contribution in [2.45, 2.75) is 12.8 Å². The van der Waals surface area contributed by atoms with Crippen LogP contribution in [0.2, 0.25) is 0 Å². The molecular formula is C19H20N4OS2. The Morgan fingerprint density at radius 3 is 3.00 bits per heavy atom. The third-order valence-electron chi connectivity index (χ3n) is 4.66. The van der Waals surface area contributed by atoms with Crippen LogP contribution >= 0.6 is 22.7 Å². The normalized spacial score (nSPS) is 17.0. The molecule has 0 bridgehead atoms. The number of pyridine rings is 1. The second-order valence-electron chi connectivity index (χ2n) is 6.44. The van der Waals surface area contributed by atoms with Crippen molar-refractivity contribution in [3.8, 4) is 9.88 Å². The zero-order valence-corrected chi connectivity index (χ0v) is 15.9. The fourth-order valence-electron chi connectivity index (χ4n) is 3.25. The molecule has 4 heterocycles. The average molecular weight is 385 g/mol. The Labute approximate surface area is 160 Å². The van der Waals surface area contributed by atoms with Crippen LogP contribution in [0.25, 0.3) is 9.88 Å². The summed E-state index contributed by atoms with van der Waals surface area (Å²) in [5.41, 5.74) is 7.30. The topological polar surface area (TPSA) is 72.1 Å². The lowest BCUT2D eigenvalue weighted by Crippen LogP contribution is -2.25. The van der Waals surface area contributed by atoms with Gasteiger partial charge in [0, 0.05) is 36.7 Å². The van der Waals surface area contributed by atoms with Gasteiger partial charge in [0.25, 0.3) is 0 Å². The van der Waals surface area contributed by atoms with Crippen LogP contribution in [0, 0.1) is 5.92 Å². The molecule has 26 heavy (non-hydrogen) atoms. The van der Waals surface area contributed by atoms with Crippen molar-refractivity contribution in [2.75, 3.05) is 24.5 Å². The molecule has 0 radical (unpaired) electrons. The minimum atomic E-state index is 0.0351. The molecule has 4 rings (SSSR count). The summed E-state index contributed by atoms with van der Waals surface area (Å²) in [7, 11) is 0. The van der Waals surface area contributed by atoms with E-state index in [9.17, 15) is 4.79 Å². The van der Waals surface area contributed by atoms with Crippen LogP contribution in [0.3, 0.4) is 0 Å². The fraction of sp³-hybridized carbons (Fsp3) is 0.316. The first-order valence-corrected chi connectivity index (χ1v) is 10.4. The van der Waals surface area contributed by atoms with Crippen LogP contribution in [0.1, 0.15) is 22.5 Å². The molecule has 0 aliphatic carbocycles. The number of thiazole rings is 1. The van der Waals surface area contributed by atoms with E-state index in [2.05, 4.69) is 14.9 Å². The van der Waals surface area contributed by atoms with Crippen LogP contribution < -0.4 is 10.6 Å². The molecule has 3 aromatic heterocycles. The third-order valence-corrected chi connectivity index (χ3v) is 6.54. The number of rotatable bonds is 6. The number of aromatic nitrogens is 2. The van der Waals surface area contributed by atoms with Crippen molar-refractivity contribution in [3.63, 3.8) is 0 Å². The molecule has 3 aromatic rings. The van der Waals surface area contributed by atoms with E-state index < -0.39 is 0 Å². The van der Waals surface area contributed by atoms with Gasteiger partial charge in [-0.1, -0.05) is 12.1 Å². The number of nitrogens with two attached hydrogens (primary N) is 1. The summed E-state index contributed by atoms with van der Waals surface area (Å²) >= 11 is 3.15. The summed E-state index contributed by atoms with van der Waals surface area (Å²) in [5, 5.41) is 4.78. The number of anilines is 1. The Morgan fingerprint density at radius 1 is 1.31 bits per heavy atom. The van der Waals surface area contributed by atoms with Gasteiger partial charge in [-0.15, -0.1) is 22.7 Å². The highest BCUT2D eigenvalue weighted by molar-refractivity contribution is 7.20. The van der Waals surface area contributed by atoms with Gasteiger partial charge in [0.05, 0.1) is 4.88 Å². The highest BCUT2D eigenvalue weighted by Crippen LogP contribution is 2.29. The molecule has 1 aliphatic rings. The molecule has 7 heteroatoms. The van der Waals surface area contributed by atoms with E-state index in [4.69, 9.17) is 5.73 Å². The van der Waals surface area contributed by atoms with Crippen molar-refractivity contribution in [1.82, 2.24) is 9.97 Å². The Balaban J connectivity index is 1.52. The van der Waals surface area contributed by atoms with E-state index >= 15 is 0 Å². The molecule has 0 spiro atoms. The van der Waals surface area contributed by atoms with Gasteiger partial charge in [-0.25, -0.2) is 9.97 Å². The lowest BCUT2D eigenvalue weighted by molar-refractivity contribution is 0.0989. The molecule has 0 amide bonds. The van der Waals surface area contributed by atoms with E-state index in [-0.39, 0.29) is 5.78 Å². The third kappa shape index (κ3) is 3.56. The standard InChI is InChI=1S/C19H20N4OS2/c20-10-13-5-7-23(11-13)18-14(3-1-6-21-18)9-16(24)15-12-26-19(22-15)17-4-2-8-25-17/h1-4,6,8,12-13H,5,7,9-11,20H2. The molecule has 1 unspecified atom stereocenters. The van der Waals surface area contributed by atoms with Crippen molar-refractivity contribution in [1.29, 1.82) is 0 Å². The molecule has 1 saturated heterocycles. The van der Waals surface area contributed by atoms with E-state index in [1.807, 2.05) is 35.0 Å². The number of thiophene rings is 1. The van der Waals surface area contributed by atoms with Gasteiger partial charge >= 0.3 is 0 Å². The molecule has 1 aliphatic heterocycles. The number of carbonyl (C=O) groups is 1. The quantitative estimate of drug-likeness (QED) is 0.659. The molecule has 2 N–H and O–H groups in total. The number of hydrogen-bond acceptors (Lipinski definition) is 7. The largest absolute Gasteiger partial charge is 0.356 e. The number of Topliss-reactive ketones (excluding diaryl/α,β-unsaturated/α-hetero) is 1. The highest BCUT2D eigenvalue weighted by atomic mass is 32.1. The molecule has 0 aromatic carbocycles. The van der Waals surface area contributed by atoms with Gasteiger partial charge in [-0.2, -0.15) is 0 Å². The number of hydrogen-bond donors (Lipinski definition) is 1. The van der Waals surface area contributed by atoms with Crippen molar-refractivity contribution >= 4 is 34.3 Å². The van der Waals surface area contributed by atoms with Gasteiger partial charge in [0.2, 0.25) is 0 Å². The number of carbonyl (C=O) groups excluding carboxylic acids is 1. The second-order valence-corrected chi connectivity index (χ2v) is 8.24. The summed E-state index contributed by atoms with van der Waals surface area (Å²) in [6.07, 6.45) is 3.19. The van der Waals surface area contributed by atoms with Crippen molar-refractivity contribution < 1.29 is 4.79 Å². The van der Waals surface area contributed by atoms with E-state index in [0.717, 1.165) is 40.8 Å². The minimum Gasteiger partial charge on any atom is -0.356 e. The lowest BCUT2D eigenvalue weighted by Gasteiger charge is -2.20. The van der Waals surface area contributed by atoms with Crippen LogP contribution in [0.5, 0.6) is 0 Å². The van der Waals surface area contributed by atoms with E-state index in [1.165, 1.54) is 11.3 Å². The Kier molecular flexibility index (Phi) is 5.10. The maximum atomic E-state index is 12.8. The monoisotopic (exact) mass is 384 g/mol. The highest BCUT2D eigenvalue weighted by Gasteiger charge is 2.25. The van der Waals surface area contributed by atoms with Gasteiger partial charge in [0.1, 0.15) is 16.5 Å². The predicted octanol–water partition coefficient (Wildman–Crippen LogP) is 3.48. The maximum absolute atomic E-state index is 12.8. The molecule has 1 fully saturated rings.